The molecule has 3 N–H and O–H groups in total. The van der Waals surface area contributed by atoms with Gasteiger partial charge in [0.2, 0.25) is 5.91 Å². The van der Waals surface area contributed by atoms with Crippen LogP contribution in [0.1, 0.15) is 50.2 Å². The van der Waals surface area contributed by atoms with Crippen molar-refractivity contribution in [1.82, 2.24) is 5.32 Å². The molecule has 0 aromatic heterocycles. The minimum atomic E-state index is -1.23. The first-order chi connectivity index (χ1) is 10.5. The van der Waals surface area contributed by atoms with Crippen LogP contribution in [-0.2, 0) is 16.0 Å². The minimum Gasteiger partial charge on any atom is -0.480 e. The molecular formula is C17H25NO4. The third kappa shape index (κ3) is 5.85. The molecule has 0 bridgehead atoms. The van der Waals surface area contributed by atoms with Gasteiger partial charge in [-0.2, -0.15) is 0 Å². The smallest absolute Gasteiger partial charge is 0.328 e. The molecule has 1 aromatic rings. The SMILES string of the molecule is CCC(C)c1ccc(CCCC(=O)NC(CO)C(=O)O)cc1. The van der Waals surface area contributed by atoms with E-state index in [2.05, 4.69) is 43.4 Å². The molecule has 0 heterocycles. The van der Waals surface area contributed by atoms with Gasteiger partial charge < -0.3 is 15.5 Å². The third-order valence-corrected chi connectivity index (χ3v) is 3.85. The van der Waals surface area contributed by atoms with Crippen LogP contribution >= 0.6 is 0 Å². The highest BCUT2D eigenvalue weighted by atomic mass is 16.4. The molecule has 5 nitrogen and oxygen atoms in total. The number of aliphatic hydroxyl groups is 1. The number of carboxylic acids is 1. The van der Waals surface area contributed by atoms with Gasteiger partial charge in [-0.3, -0.25) is 4.79 Å². The zero-order chi connectivity index (χ0) is 16.5. The molecule has 0 saturated carbocycles. The average Bonchev–Trinajstić information content (AvgIpc) is 2.52. The van der Waals surface area contributed by atoms with Gasteiger partial charge in [0.05, 0.1) is 6.61 Å². The van der Waals surface area contributed by atoms with Crippen molar-refractivity contribution < 1.29 is 19.8 Å². The van der Waals surface area contributed by atoms with Crippen LogP contribution in [-0.4, -0.2) is 34.7 Å². The van der Waals surface area contributed by atoms with Crippen LogP contribution in [0.3, 0.4) is 0 Å². The molecule has 1 amide bonds. The predicted molar refractivity (Wildman–Crippen MR) is 84.7 cm³/mol. The molecule has 2 atom stereocenters. The van der Waals surface area contributed by atoms with E-state index in [4.69, 9.17) is 10.2 Å². The van der Waals surface area contributed by atoms with E-state index in [9.17, 15) is 9.59 Å². The van der Waals surface area contributed by atoms with Gasteiger partial charge >= 0.3 is 5.97 Å². The monoisotopic (exact) mass is 307 g/mol. The van der Waals surface area contributed by atoms with Gasteiger partial charge in [0.25, 0.3) is 0 Å². The van der Waals surface area contributed by atoms with Crippen molar-refractivity contribution in [2.75, 3.05) is 6.61 Å². The van der Waals surface area contributed by atoms with Gasteiger partial charge in [-0.15, -0.1) is 0 Å². The highest BCUT2D eigenvalue weighted by Crippen LogP contribution is 2.19. The van der Waals surface area contributed by atoms with Crippen molar-refractivity contribution >= 4 is 11.9 Å². The molecule has 5 heteroatoms. The van der Waals surface area contributed by atoms with Crippen molar-refractivity contribution in [2.24, 2.45) is 0 Å². The normalized spacial score (nSPS) is 13.4. The number of carboxylic acid groups (broad SMARTS) is 1. The van der Waals surface area contributed by atoms with Crippen LogP contribution in [0, 0.1) is 0 Å². The Kier molecular flexibility index (Phi) is 7.60. The van der Waals surface area contributed by atoms with Crippen LogP contribution in [0.5, 0.6) is 0 Å². The maximum atomic E-state index is 11.6. The zero-order valence-corrected chi connectivity index (χ0v) is 13.2. The molecule has 22 heavy (non-hydrogen) atoms. The summed E-state index contributed by atoms with van der Waals surface area (Å²) in [5.74, 6) is -1.03. The zero-order valence-electron chi connectivity index (χ0n) is 13.2. The number of aryl methyl sites for hydroxylation is 1. The Bertz CT molecular complexity index is 484. The second kappa shape index (κ2) is 9.20. The molecule has 122 valence electrons. The summed E-state index contributed by atoms with van der Waals surface area (Å²) in [4.78, 5) is 22.3. The Labute approximate surface area is 131 Å². The van der Waals surface area contributed by atoms with E-state index < -0.39 is 18.6 Å². The number of nitrogens with one attached hydrogen (secondary N) is 1. The third-order valence-electron chi connectivity index (χ3n) is 3.85. The van der Waals surface area contributed by atoms with Crippen LogP contribution in [0.15, 0.2) is 24.3 Å². The number of rotatable bonds is 9. The lowest BCUT2D eigenvalue weighted by Gasteiger charge is -2.12. The van der Waals surface area contributed by atoms with Gasteiger partial charge in [0.1, 0.15) is 6.04 Å². The standard InChI is InChI=1S/C17H25NO4/c1-3-12(2)14-9-7-13(8-10-14)5-4-6-16(20)18-15(11-19)17(21)22/h7-10,12,15,19H,3-6,11H2,1-2H3,(H,18,20)(H,21,22). The molecular weight excluding hydrogens is 282 g/mol. The Morgan fingerprint density at radius 1 is 1.23 bits per heavy atom. The van der Waals surface area contributed by atoms with Gasteiger partial charge in [-0.05, 0) is 36.3 Å². The van der Waals surface area contributed by atoms with Crippen LogP contribution in [0.4, 0.5) is 0 Å². The van der Waals surface area contributed by atoms with Gasteiger partial charge in [0, 0.05) is 6.42 Å². The van der Waals surface area contributed by atoms with E-state index in [1.807, 2.05) is 0 Å². The van der Waals surface area contributed by atoms with Crippen molar-refractivity contribution in [1.29, 1.82) is 0 Å². The lowest BCUT2D eigenvalue weighted by atomic mass is 9.96. The van der Waals surface area contributed by atoms with Crippen molar-refractivity contribution in [3.63, 3.8) is 0 Å². The highest BCUT2D eigenvalue weighted by Gasteiger charge is 2.18. The summed E-state index contributed by atoms with van der Waals surface area (Å²) >= 11 is 0. The second-order valence-corrected chi connectivity index (χ2v) is 5.55. The molecule has 1 rings (SSSR count). The van der Waals surface area contributed by atoms with Gasteiger partial charge in [-0.25, -0.2) is 4.79 Å². The summed E-state index contributed by atoms with van der Waals surface area (Å²) < 4.78 is 0. The van der Waals surface area contributed by atoms with Crippen LogP contribution in [0.25, 0.3) is 0 Å². The highest BCUT2D eigenvalue weighted by molar-refractivity contribution is 5.83. The predicted octanol–water partition coefficient (Wildman–Crippen LogP) is 2.08. The molecule has 0 aliphatic heterocycles. The maximum absolute atomic E-state index is 11.6. The lowest BCUT2D eigenvalue weighted by molar-refractivity contribution is -0.142. The Morgan fingerprint density at radius 2 is 1.86 bits per heavy atom. The second-order valence-electron chi connectivity index (χ2n) is 5.55. The number of amides is 1. The Hall–Kier alpha value is -1.88. The van der Waals surface area contributed by atoms with Crippen LogP contribution in [0.2, 0.25) is 0 Å². The number of carbonyl (C=O) groups excluding carboxylic acids is 1. The summed E-state index contributed by atoms with van der Waals surface area (Å²) in [6, 6.07) is 7.17. The number of carbonyl (C=O) groups is 2. The van der Waals surface area contributed by atoms with E-state index >= 15 is 0 Å². The van der Waals surface area contributed by atoms with Gasteiger partial charge in [0.15, 0.2) is 0 Å². The number of hydrogen-bond acceptors (Lipinski definition) is 3. The molecule has 2 unspecified atom stereocenters. The van der Waals surface area contributed by atoms with Gasteiger partial charge in [-0.1, -0.05) is 38.1 Å². The maximum Gasteiger partial charge on any atom is 0.328 e. The van der Waals surface area contributed by atoms with Crippen molar-refractivity contribution in [2.45, 2.75) is 51.5 Å². The fourth-order valence-electron chi connectivity index (χ4n) is 2.15. The Balaban J connectivity index is 2.37. The molecule has 1 aromatic carbocycles. The van der Waals surface area contributed by atoms with E-state index in [-0.39, 0.29) is 12.3 Å². The number of aliphatic carboxylic acids is 1. The van der Waals surface area contributed by atoms with Crippen molar-refractivity contribution in [3.05, 3.63) is 35.4 Å². The quantitative estimate of drug-likeness (QED) is 0.652. The van der Waals surface area contributed by atoms with Crippen LogP contribution < -0.4 is 5.32 Å². The van der Waals surface area contributed by atoms with E-state index in [1.165, 1.54) is 5.56 Å². The summed E-state index contributed by atoms with van der Waals surface area (Å²) in [6.45, 7) is 3.76. The van der Waals surface area contributed by atoms with Crippen molar-refractivity contribution in [3.8, 4) is 0 Å². The van der Waals surface area contributed by atoms with E-state index in [1.54, 1.807) is 0 Å². The summed E-state index contributed by atoms with van der Waals surface area (Å²) in [7, 11) is 0. The topological polar surface area (TPSA) is 86.6 Å². The summed E-state index contributed by atoms with van der Waals surface area (Å²) in [5.41, 5.74) is 2.48. The fraction of sp³-hybridized carbons (Fsp3) is 0.529. The summed E-state index contributed by atoms with van der Waals surface area (Å²) in [5, 5.41) is 19.9. The number of aliphatic hydroxyl groups excluding tert-OH is 1. The molecule has 0 spiro atoms. The molecule has 0 radical (unpaired) electrons. The first kappa shape index (κ1) is 18.2. The first-order valence-electron chi connectivity index (χ1n) is 7.69. The minimum absolute atomic E-state index is 0.247. The number of benzene rings is 1. The molecule has 0 saturated heterocycles. The van der Waals surface area contributed by atoms with E-state index in [0.717, 1.165) is 18.4 Å². The first-order valence-corrected chi connectivity index (χ1v) is 7.69. The molecule has 0 fully saturated rings. The summed E-state index contributed by atoms with van der Waals surface area (Å²) in [6.07, 6.45) is 2.77. The Morgan fingerprint density at radius 3 is 2.36 bits per heavy atom. The largest absolute Gasteiger partial charge is 0.480 e. The van der Waals surface area contributed by atoms with E-state index in [0.29, 0.717) is 12.3 Å². The fourth-order valence-corrected chi connectivity index (χ4v) is 2.15. The average molecular weight is 307 g/mol. The lowest BCUT2D eigenvalue weighted by Crippen LogP contribution is -2.43. The number of hydrogen-bond donors (Lipinski definition) is 3. The molecule has 0 aliphatic rings. The molecule has 0 aliphatic carbocycles.